The highest BCUT2D eigenvalue weighted by molar-refractivity contribution is 6.04. The van der Waals surface area contributed by atoms with Gasteiger partial charge in [-0.05, 0) is 36.4 Å². The van der Waals surface area contributed by atoms with Crippen molar-refractivity contribution in [3.05, 3.63) is 65.5 Å². The molecule has 1 amide bonds. The van der Waals surface area contributed by atoms with Gasteiger partial charge in [-0.25, -0.2) is 9.18 Å². The SMILES string of the molecule is O=C(O)c1ccc(C(=O)Nc2ccccc2F)cc1. The molecular weight excluding hydrogens is 249 g/mol. The van der Waals surface area contributed by atoms with E-state index in [9.17, 15) is 14.0 Å². The van der Waals surface area contributed by atoms with Gasteiger partial charge in [0.05, 0.1) is 11.3 Å². The zero-order chi connectivity index (χ0) is 13.8. The second-order valence-electron chi connectivity index (χ2n) is 3.82. The summed E-state index contributed by atoms with van der Waals surface area (Å²) >= 11 is 0. The highest BCUT2D eigenvalue weighted by Crippen LogP contribution is 2.14. The van der Waals surface area contributed by atoms with Crippen molar-refractivity contribution in [1.29, 1.82) is 0 Å². The fourth-order valence-electron chi connectivity index (χ4n) is 1.52. The number of aromatic carboxylic acids is 1. The van der Waals surface area contributed by atoms with Gasteiger partial charge in [-0.2, -0.15) is 0 Å². The molecule has 0 saturated heterocycles. The summed E-state index contributed by atoms with van der Waals surface area (Å²) in [5.41, 5.74) is 0.422. The molecule has 0 aliphatic carbocycles. The molecule has 0 aliphatic heterocycles. The van der Waals surface area contributed by atoms with E-state index in [1.165, 1.54) is 42.5 Å². The van der Waals surface area contributed by atoms with Gasteiger partial charge in [0.25, 0.3) is 5.91 Å². The molecule has 0 radical (unpaired) electrons. The summed E-state index contributed by atoms with van der Waals surface area (Å²) in [6.45, 7) is 0. The van der Waals surface area contributed by atoms with Gasteiger partial charge >= 0.3 is 5.97 Å². The first-order valence-corrected chi connectivity index (χ1v) is 5.47. The third-order valence-electron chi connectivity index (χ3n) is 2.52. The number of carbonyl (C=O) groups is 2. The summed E-state index contributed by atoms with van der Waals surface area (Å²) in [4.78, 5) is 22.5. The van der Waals surface area contributed by atoms with Crippen LogP contribution in [0.2, 0.25) is 0 Å². The molecule has 0 heterocycles. The van der Waals surface area contributed by atoms with Gasteiger partial charge in [-0.3, -0.25) is 4.79 Å². The van der Waals surface area contributed by atoms with E-state index in [0.29, 0.717) is 0 Å². The van der Waals surface area contributed by atoms with Crippen LogP contribution >= 0.6 is 0 Å². The van der Waals surface area contributed by atoms with E-state index in [1.54, 1.807) is 6.07 Å². The smallest absolute Gasteiger partial charge is 0.335 e. The third-order valence-corrected chi connectivity index (χ3v) is 2.52. The first-order valence-electron chi connectivity index (χ1n) is 5.47. The maximum atomic E-state index is 13.3. The van der Waals surface area contributed by atoms with Crippen LogP contribution in [0.25, 0.3) is 0 Å². The number of hydrogen-bond acceptors (Lipinski definition) is 2. The standard InChI is InChI=1S/C14H10FNO3/c15-11-3-1-2-4-12(11)16-13(17)9-5-7-10(8-6-9)14(18)19/h1-8H,(H,16,17)(H,18,19). The summed E-state index contributed by atoms with van der Waals surface area (Å²) in [6.07, 6.45) is 0. The Hall–Kier alpha value is -2.69. The number of benzene rings is 2. The molecule has 0 spiro atoms. The molecule has 2 aromatic rings. The van der Waals surface area contributed by atoms with Crippen LogP contribution < -0.4 is 5.32 Å². The van der Waals surface area contributed by atoms with Crippen molar-refractivity contribution in [2.75, 3.05) is 5.32 Å². The van der Waals surface area contributed by atoms with Crippen LogP contribution in [0.4, 0.5) is 10.1 Å². The minimum Gasteiger partial charge on any atom is -0.478 e. The lowest BCUT2D eigenvalue weighted by molar-refractivity contribution is 0.0696. The summed E-state index contributed by atoms with van der Waals surface area (Å²) < 4.78 is 13.3. The molecule has 2 N–H and O–H groups in total. The molecule has 0 atom stereocenters. The van der Waals surface area contributed by atoms with Crippen LogP contribution in [0.3, 0.4) is 0 Å². The van der Waals surface area contributed by atoms with Gasteiger partial charge < -0.3 is 10.4 Å². The first kappa shape index (κ1) is 12.8. The molecule has 0 aliphatic rings. The molecule has 0 fully saturated rings. The summed E-state index contributed by atoms with van der Waals surface area (Å²) in [5.74, 6) is -2.10. The average molecular weight is 259 g/mol. The van der Waals surface area contributed by atoms with Crippen molar-refractivity contribution >= 4 is 17.6 Å². The number of carbonyl (C=O) groups excluding carboxylic acids is 1. The largest absolute Gasteiger partial charge is 0.478 e. The van der Waals surface area contributed by atoms with Gasteiger partial charge in [0, 0.05) is 5.56 Å². The minimum absolute atomic E-state index is 0.0785. The van der Waals surface area contributed by atoms with Crippen LogP contribution in [0.5, 0.6) is 0 Å². The predicted octanol–water partition coefficient (Wildman–Crippen LogP) is 2.78. The zero-order valence-corrected chi connectivity index (χ0v) is 9.76. The van der Waals surface area contributed by atoms with Crippen LogP contribution in [-0.2, 0) is 0 Å². The monoisotopic (exact) mass is 259 g/mol. The van der Waals surface area contributed by atoms with Crippen LogP contribution in [0, 0.1) is 5.82 Å². The molecule has 19 heavy (non-hydrogen) atoms. The number of para-hydroxylation sites is 1. The number of rotatable bonds is 3. The third kappa shape index (κ3) is 2.95. The Kier molecular flexibility index (Phi) is 3.56. The van der Waals surface area contributed by atoms with E-state index in [-0.39, 0.29) is 16.8 Å². The van der Waals surface area contributed by atoms with E-state index in [2.05, 4.69) is 5.32 Å². The molecule has 2 aromatic carbocycles. The topological polar surface area (TPSA) is 66.4 Å². The lowest BCUT2D eigenvalue weighted by atomic mass is 10.1. The number of carboxylic acid groups (broad SMARTS) is 1. The van der Waals surface area contributed by atoms with Crippen LogP contribution in [0.1, 0.15) is 20.7 Å². The Morgan fingerprint density at radius 3 is 2.11 bits per heavy atom. The van der Waals surface area contributed by atoms with Crippen molar-refractivity contribution in [2.24, 2.45) is 0 Å². The predicted molar refractivity (Wildman–Crippen MR) is 67.8 cm³/mol. The summed E-state index contributed by atoms with van der Waals surface area (Å²) in [6, 6.07) is 11.2. The Morgan fingerprint density at radius 1 is 0.947 bits per heavy atom. The van der Waals surface area contributed by atoms with Crippen molar-refractivity contribution < 1.29 is 19.1 Å². The van der Waals surface area contributed by atoms with E-state index >= 15 is 0 Å². The fraction of sp³-hybridized carbons (Fsp3) is 0. The molecule has 4 nitrogen and oxygen atoms in total. The van der Waals surface area contributed by atoms with E-state index in [0.717, 1.165) is 0 Å². The Balaban J connectivity index is 2.16. The van der Waals surface area contributed by atoms with Gasteiger partial charge in [0.2, 0.25) is 0 Å². The molecule has 0 unspecified atom stereocenters. The molecule has 96 valence electrons. The quantitative estimate of drug-likeness (QED) is 0.890. The van der Waals surface area contributed by atoms with Crippen molar-refractivity contribution in [1.82, 2.24) is 0 Å². The molecule has 5 heteroatoms. The zero-order valence-electron chi connectivity index (χ0n) is 9.76. The minimum atomic E-state index is -1.07. The molecular formula is C14H10FNO3. The number of amides is 1. The maximum Gasteiger partial charge on any atom is 0.335 e. The van der Waals surface area contributed by atoms with Crippen molar-refractivity contribution in [3.63, 3.8) is 0 Å². The van der Waals surface area contributed by atoms with E-state index in [4.69, 9.17) is 5.11 Å². The normalized spacial score (nSPS) is 9.95. The Labute approximate surface area is 108 Å². The summed E-state index contributed by atoms with van der Waals surface area (Å²) in [5, 5.41) is 11.1. The first-order chi connectivity index (χ1) is 9.08. The van der Waals surface area contributed by atoms with Gasteiger partial charge in [-0.15, -0.1) is 0 Å². The van der Waals surface area contributed by atoms with Crippen LogP contribution in [-0.4, -0.2) is 17.0 Å². The molecule has 0 bridgehead atoms. The maximum absolute atomic E-state index is 13.3. The number of halogens is 1. The van der Waals surface area contributed by atoms with Gasteiger partial charge in [0.15, 0.2) is 0 Å². The highest BCUT2D eigenvalue weighted by atomic mass is 19.1. The molecule has 2 rings (SSSR count). The summed E-state index contributed by atoms with van der Waals surface area (Å²) in [7, 11) is 0. The second kappa shape index (κ2) is 5.30. The van der Waals surface area contributed by atoms with Crippen molar-refractivity contribution in [3.8, 4) is 0 Å². The Morgan fingerprint density at radius 2 is 1.53 bits per heavy atom. The van der Waals surface area contributed by atoms with Gasteiger partial charge in [-0.1, -0.05) is 12.1 Å². The number of carboxylic acids is 1. The van der Waals surface area contributed by atoms with Gasteiger partial charge in [0.1, 0.15) is 5.82 Å². The average Bonchev–Trinajstić information content (AvgIpc) is 2.41. The van der Waals surface area contributed by atoms with Crippen LogP contribution in [0.15, 0.2) is 48.5 Å². The lowest BCUT2D eigenvalue weighted by Gasteiger charge is -2.06. The van der Waals surface area contributed by atoms with E-state index in [1.807, 2.05) is 0 Å². The Bertz CT molecular complexity index is 623. The number of anilines is 1. The molecule has 0 aromatic heterocycles. The highest BCUT2D eigenvalue weighted by Gasteiger charge is 2.10. The van der Waals surface area contributed by atoms with Crippen molar-refractivity contribution in [2.45, 2.75) is 0 Å². The molecule has 0 saturated carbocycles. The fourth-order valence-corrected chi connectivity index (χ4v) is 1.52. The number of nitrogens with one attached hydrogen (secondary N) is 1. The lowest BCUT2D eigenvalue weighted by Crippen LogP contribution is -2.13. The number of hydrogen-bond donors (Lipinski definition) is 2. The van der Waals surface area contributed by atoms with E-state index < -0.39 is 17.7 Å². The second-order valence-corrected chi connectivity index (χ2v) is 3.82.